The molecular formula is C14H19ClN2O. The Kier molecular flexibility index (Phi) is 6.44. The maximum absolute atomic E-state index is 11.5. The second kappa shape index (κ2) is 7.88. The number of carbonyl (C=O) groups excluding carboxylic acids is 1. The first-order valence-electron chi connectivity index (χ1n) is 6.28. The highest BCUT2D eigenvalue weighted by Crippen LogP contribution is 2.12. The Morgan fingerprint density at radius 1 is 1.39 bits per heavy atom. The molecule has 0 aliphatic carbocycles. The third kappa shape index (κ3) is 4.88. The van der Waals surface area contributed by atoms with E-state index in [2.05, 4.69) is 17.5 Å². The van der Waals surface area contributed by atoms with Crippen molar-refractivity contribution in [3.63, 3.8) is 0 Å². The molecule has 0 radical (unpaired) electrons. The maximum atomic E-state index is 11.5. The van der Waals surface area contributed by atoms with Crippen molar-refractivity contribution in [1.29, 1.82) is 0 Å². The summed E-state index contributed by atoms with van der Waals surface area (Å²) in [6.07, 6.45) is 3.16. The van der Waals surface area contributed by atoms with Crippen LogP contribution in [0.25, 0.3) is 0 Å². The number of carbonyl (C=O) groups is 1. The van der Waals surface area contributed by atoms with Gasteiger partial charge in [0.1, 0.15) is 0 Å². The van der Waals surface area contributed by atoms with Crippen molar-refractivity contribution in [3.8, 4) is 0 Å². The van der Waals surface area contributed by atoms with E-state index in [0.29, 0.717) is 11.4 Å². The molecule has 1 aromatic rings. The van der Waals surface area contributed by atoms with Gasteiger partial charge in [-0.3, -0.25) is 4.79 Å². The molecule has 0 saturated heterocycles. The van der Waals surface area contributed by atoms with Gasteiger partial charge in [-0.15, -0.1) is 0 Å². The summed E-state index contributed by atoms with van der Waals surface area (Å²) >= 11 is 5.93. The molecule has 0 atom stereocenters. The van der Waals surface area contributed by atoms with E-state index in [1.807, 2.05) is 31.2 Å². The first-order valence-corrected chi connectivity index (χ1v) is 6.66. The predicted octanol–water partition coefficient (Wildman–Crippen LogP) is 3.76. The highest BCUT2D eigenvalue weighted by molar-refractivity contribution is 6.31. The maximum Gasteiger partial charge on any atom is 0.240 e. The SMILES string of the molecule is CCCCC(=O)NN=C(CC)c1cccc(Cl)c1. The number of halogens is 1. The van der Waals surface area contributed by atoms with Gasteiger partial charge in [0.25, 0.3) is 0 Å². The minimum Gasteiger partial charge on any atom is -0.273 e. The third-order valence-corrected chi connectivity index (χ3v) is 2.80. The highest BCUT2D eigenvalue weighted by Gasteiger charge is 2.03. The third-order valence-electron chi connectivity index (χ3n) is 2.57. The molecule has 0 aliphatic heterocycles. The lowest BCUT2D eigenvalue weighted by Gasteiger charge is -2.05. The molecule has 0 aliphatic rings. The van der Waals surface area contributed by atoms with Crippen molar-refractivity contribution in [2.75, 3.05) is 0 Å². The molecule has 1 N–H and O–H groups in total. The lowest BCUT2D eigenvalue weighted by molar-refractivity contribution is -0.121. The second-order valence-corrected chi connectivity index (χ2v) is 4.50. The fraction of sp³-hybridized carbons (Fsp3) is 0.429. The van der Waals surface area contributed by atoms with Gasteiger partial charge < -0.3 is 0 Å². The zero-order valence-corrected chi connectivity index (χ0v) is 11.6. The van der Waals surface area contributed by atoms with Gasteiger partial charge >= 0.3 is 0 Å². The van der Waals surface area contributed by atoms with Gasteiger partial charge in [0.15, 0.2) is 0 Å². The zero-order valence-electron chi connectivity index (χ0n) is 10.9. The van der Waals surface area contributed by atoms with E-state index in [-0.39, 0.29) is 5.91 Å². The summed E-state index contributed by atoms with van der Waals surface area (Å²) in [4.78, 5) is 11.5. The molecule has 0 saturated carbocycles. The van der Waals surface area contributed by atoms with Gasteiger partial charge in [0.05, 0.1) is 5.71 Å². The smallest absolute Gasteiger partial charge is 0.240 e. The highest BCUT2D eigenvalue weighted by atomic mass is 35.5. The van der Waals surface area contributed by atoms with Crippen LogP contribution in [0.3, 0.4) is 0 Å². The van der Waals surface area contributed by atoms with Crippen LogP contribution in [0.15, 0.2) is 29.4 Å². The molecule has 98 valence electrons. The predicted molar refractivity (Wildman–Crippen MR) is 75.9 cm³/mol. The number of benzene rings is 1. The summed E-state index contributed by atoms with van der Waals surface area (Å²) in [5.74, 6) is -0.0372. The molecule has 0 bridgehead atoms. The van der Waals surface area contributed by atoms with Gasteiger partial charge in [0.2, 0.25) is 5.91 Å². The van der Waals surface area contributed by atoms with Crippen molar-refractivity contribution in [1.82, 2.24) is 5.43 Å². The number of nitrogens with zero attached hydrogens (tertiary/aromatic N) is 1. The molecule has 0 unspecified atom stereocenters. The lowest BCUT2D eigenvalue weighted by Crippen LogP contribution is -2.19. The zero-order chi connectivity index (χ0) is 13.4. The van der Waals surface area contributed by atoms with Crippen LogP contribution in [0.5, 0.6) is 0 Å². The molecule has 0 fully saturated rings. The van der Waals surface area contributed by atoms with Gasteiger partial charge in [-0.1, -0.05) is 44.0 Å². The minimum absolute atomic E-state index is 0.0372. The number of hydrazone groups is 1. The Hall–Kier alpha value is -1.35. The summed E-state index contributed by atoms with van der Waals surface area (Å²) in [5.41, 5.74) is 4.37. The molecule has 0 aromatic heterocycles. The van der Waals surface area contributed by atoms with Crippen LogP contribution < -0.4 is 5.43 Å². The van der Waals surface area contributed by atoms with Crippen LogP contribution in [0, 0.1) is 0 Å². The Labute approximate surface area is 113 Å². The fourth-order valence-corrected chi connectivity index (χ4v) is 1.73. The number of nitrogens with one attached hydrogen (secondary N) is 1. The number of rotatable bonds is 6. The van der Waals surface area contributed by atoms with E-state index >= 15 is 0 Å². The van der Waals surface area contributed by atoms with E-state index < -0.39 is 0 Å². The van der Waals surface area contributed by atoms with Crippen molar-refractivity contribution in [2.45, 2.75) is 39.5 Å². The van der Waals surface area contributed by atoms with Crippen LogP contribution in [-0.4, -0.2) is 11.6 Å². The van der Waals surface area contributed by atoms with Gasteiger partial charge in [-0.2, -0.15) is 5.10 Å². The van der Waals surface area contributed by atoms with Gasteiger partial charge in [0, 0.05) is 11.4 Å². The minimum atomic E-state index is -0.0372. The summed E-state index contributed by atoms with van der Waals surface area (Å²) in [5, 5.41) is 4.84. The van der Waals surface area contributed by atoms with E-state index in [0.717, 1.165) is 30.5 Å². The molecule has 3 nitrogen and oxygen atoms in total. The van der Waals surface area contributed by atoms with E-state index in [1.165, 1.54) is 0 Å². The quantitative estimate of drug-likeness (QED) is 0.618. The Balaban J connectivity index is 2.68. The van der Waals surface area contributed by atoms with Gasteiger partial charge in [-0.25, -0.2) is 5.43 Å². The standard InChI is InChI=1S/C14H19ClN2O/c1-3-5-9-14(18)17-16-13(4-2)11-7-6-8-12(15)10-11/h6-8,10H,3-5,9H2,1-2H3,(H,17,18). The fourth-order valence-electron chi connectivity index (χ4n) is 1.54. The molecule has 1 aromatic carbocycles. The largest absolute Gasteiger partial charge is 0.273 e. The Morgan fingerprint density at radius 2 is 2.17 bits per heavy atom. The molecule has 4 heteroatoms. The molecule has 1 rings (SSSR count). The average Bonchev–Trinajstić information content (AvgIpc) is 2.37. The van der Waals surface area contributed by atoms with E-state index in [4.69, 9.17) is 11.6 Å². The first-order chi connectivity index (χ1) is 8.67. The normalized spacial score (nSPS) is 11.4. The van der Waals surface area contributed by atoms with Gasteiger partial charge in [-0.05, 0) is 30.5 Å². The number of hydrogen-bond donors (Lipinski definition) is 1. The van der Waals surface area contributed by atoms with Crippen LogP contribution in [-0.2, 0) is 4.79 Å². The first kappa shape index (κ1) is 14.7. The van der Waals surface area contributed by atoms with Crippen LogP contribution in [0.1, 0.15) is 45.1 Å². The van der Waals surface area contributed by atoms with Crippen molar-refractivity contribution in [2.24, 2.45) is 5.10 Å². The number of hydrogen-bond acceptors (Lipinski definition) is 2. The Morgan fingerprint density at radius 3 is 2.78 bits per heavy atom. The topological polar surface area (TPSA) is 41.5 Å². The van der Waals surface area contributed by atoms with E-state index in [9.17, 15) is 4.79 Å². The molecule has 0 spiro atoms. The van der Waals surface area contributed by atoms with Crippen LogP contribution >= 0.6 is 11.6 Å². The summed E-state index contributed by atoms with van der Waals surface area (Å²) < 4.78 is 0. The van der Waals surface area contributed by atoms with E-state index in [1.54, 1.807) is 0 Å². The van der Waals surface area contributed by atoms with Crippen LogP contribution in [0.4, 0.5) is 0 Å². The summed E-state index contributed by atoms with van der Waals surface area (Å²) in [7, 11) is 0. The lowest BCUT2D eigenvalue weighted by atomic mass is 10.1. The van der Waals surface area contributed by atoms with Crippen molar-refractivity contribution < 1.29 is 4.79 Å². The molecular weight excluding hydrogens is 248 g/mol. The Bertz CT molecular complexity index is 430. The second-order valence-electron chi connectivity index (χ2n) is 4.06. The summed E-state index contributed by atoms with van der Waals surface area (Å²) in [6.45, 7) is 4.05. The molecule has 1 amide bonds. The molecule has 18 heavy (non-hydrogen) atoms. The summed E-state index contributed by atoms with van der Waals surface area (Å²) in [6, 6.07) is 7.48. The van der Waals surface area contributed by atoms with Crippen molar-refractivity contribution in [3.05, 3.63) is 34.9 Å². The molecule has 0 heterocycles. The van der Waals surface area contributed by atoms with Crippen LogP contribution in [0.2, 0.25) is 5.02 Å². The van der Waals surface area contributed by atoms with Crippen molar-refractivity contribution >= 4 is 23.2 Å². The number of unbranched alkanes of at least 4 members (excludes halogenated alkanes) is 1. The average molecular weight is 267 g/mol. The monoisotopic (exact) mass is 266 g/mol. The number of amides is 1.